The first kappa shape index (κ1) is 18.4. The van der Waals surface area contributed by atoms with Crippen molar-refractivity contribution < 1.29 is 18.8 Å². The van der Waals surface area contributed by atoms with Crippen LogP contribution in [0.4, 0.5) is 9.18 Å². The van der Waals surface area contributed by atoms with E-state index in [-0.39, 0.29) is 12.5 Å². The Bertz CT molecular complexity index is 700. The van der Waals surface area contributed by atoms with Crippen molar-refractivity contribution in [3.63, 3.8) is 0 Å². The van der Waals surface area contributed by atoms with Gasteiger partial charge >= 0.3 is 6.03 Å². The van der Waals surface area contributed by atoms with Gasteiger partial charge in [-0.05, 0) is 43.4 Å². The average molecular weight is 361 g/mol. The van der Waals surface area contributed by atoms with Gasteiger partial charge in [-0.1, -0.05) is 31.4 Å². The summed E-state index contributed by atoms with van der Waals surface area (Å²) in [5.41, 5.74) is -0.823. The van der Waals surface area contributed by atoms with Crippen molar-refractivity contribution in [2.75, 3.05) is 13.1 Å². The van der Waals surface area contributed by atoms with Crippen molar-refractivity contribution in [3.8, 4) is 0 Å². The van der Waals surface area contributed by atoms with Crippen LogP contribution in [0.5, 0.6) is 0 Å². The molecule has 0 bridgehead atoms. The highest BCUT2D eigenvalue weighted by atomic mass is 19.1. The van der Waals surface area contributed by atoms with E-state index in [2.05, 4.69) is 10.6 Å². The molecule has 1 aliphatic carbocycles. The molecule has 1 aromatic rings. The Labute approximate surface area is 152 Å². The van der Waals surface area contributed by atoms with Crippen LogP contribution in [-0.2, 0) is 15.1 Å². The van der Waals surface area contributed by atoms with Crippen LogP contribution >= 0.6 is 0 Å². The van der Waals surface area contributed by atoms with Crippen LogP contribution in [0.1, 0.15) is 44.6 Å². The van der Waals surface area contributed by atoms with Gasteiger partial charge in [0.1, 0.15) is 17.9 Å². The molecule has 1 atom stereocenters. The van der Waals surface area contributed by atoms with Crippen LogP contribution in [0.15, 0.2) is 24.3 Å². The van der Waals surface area contributed by atoms with Gasteiger partial charge in [-0.2, -0.15) is 0 Å². The van der Waals surface area contributed by atoms with Crippen LogP contribution in [-0.4, -0.2) is 35.8 Å². The van der Waals surface area contributed by atoms with Crippen molar-refractivity contribution in [1.82, 2.24) is 15.5 Å². The van der Waals surface area contributed by atoms with Crippen LogP contribution < -0.4 is 10.6 Å². The Morgan fingerprint density at radius 3 is 2.54 bits per heavy atom. The van der Waals surface area contributed by atoms with E-state index in [4.69, 9.17) is 0 Å². The quantitative estimate of drug-likeness (QED) is 0.790. The monoisotopic (exact) mass is 361 g/mol. The van der Waals surface area contributed by atoms with Gasteiger partial charge in [0, 0.05) is 6.54 Å². The van der Waals surface area contributed by atoms with Crippen molar-refractivity contribution >= 4 is 17.8 Å². The van der Waals surface area contributed by atoms with E-state index in [1.165, 1.54) is 43.5 Å². The summed E-state index contributed by atoms with van der Waals surface area (Å²) < 4.78 is 13.1. The maximum Gasteiger partial charge on any atom is 0.325 e. The van der Waals surface area contributed by atoms with Crippen molar-refractivity contribution in [1.29, 1.82) is 0 Å². The summed E-state index contributed by atoms with van der Waals surface area (Å²) >= 11 is 0. The Morgan fingerprint density at radius 1 is 1.23 bits per heavy atom. The second kappa shape index (κ2) is 7.43. The lowest BCUT2D eigenvalue weighted by molar-refractivity contribution is -0.134. The first-order chi connectivity index (χ1) is 12.4. The van der Waals surface area contributed by atoms with Crippen molar-refractivity contribution in [2.45, 2.75) is 44.6 Å². The maximum absolute atomic E-state index is 13.1. The minimum Gasteiger partial charge on any atom is -0.354 e. The van der Waals surface area contributed by atoms with Gasteiger partial charge < -0.3 is 10.6 Å². The summed E-state index contributed by atoms with van der Waals surface area (Å²) in [7, 11) is 0. The van der Waals surface area contributed by atoms with E-state index in [0.29, 0.717) is 18.0 Å². The number of benzene rings is 1. The number of imide groups is 1. The standard InChI is InChI=1S/C19H24FN3O3/c1-19(14-7-9-15(20)10-8-14)17(25)23(18(26)22-19)12-16(24)21-11-13-5-3-2-4-6-13/h7-10,13H,2-6,11-12H2,1H3,(H,21,24)(H,22,26). The number of halogens is 1. The minimum atomic E-state index is -1.30. The first-order valence-corrected chi connectivity index (χ1v) is 9.07. The van der Waals surface area contributed by atoms with E-state index < -0.39 is 23.3 Å². The summed E-state index contributed by atoms with van der Waals surface area (Å²) in [4.78, 5) is 38.1. The molecule has 2 N–H and O–H groups in total. The topological polar surface area (TPSA) is 78.5 Å². The minimum absolute atomic E-state index is 0.311. The highest BCUT2D eigenvalue weighted by Crippen LogP contribution is 2.29. The fourth-order valence-electron chi connectivity index (χ4n) is 3.67. The molecule has 0 radical (unpaired) electrons. The fraction of sp³-hybridized carbons (Fsp3) is 0.526. The second-order valence-electron chi connectivity index (χ2n) is 7.26. The van der Waals surface area contributed by atoms with E-state index in [1.807, 2.05) is 0 Å². The molecule has 6 nitrogen and oxygen atoms in total. The summed E-state index contributed by atoms with van der Waals surface area (Å²) in [5, 5.41) is 5.44. The number of carbonyl (C=O) groups excluding carboxylic acids is 3. The average Bonchev–Trinajstić information content (AvgIpc) is 2.85. The zero-order chi connectivity index (χ0) is 18.7. The van der Waals surface area contributed by atoms with Gasteiger partial charge in [0.15, 0.2) is 0 Å². The van der Waals surface area contributed by atoms with Gasteiger partial charge in [-0.15, -0.1) is 0 Å². The van der Waals surface area contributed by atoms with Gasteiger partial charge in [-0.3, -0.25) is 14.5 Å². The van der Waals surface area contributed by atoms with E-state index in [0.717, 1.165) is 17.7 Å². The number of nitrogens with one attached hydrogen (secondary N) is 2. The van der Waals surface area contributed by atoms with E-state index >= 15 is 0 Å². The lowest BCUT2D eigenvalue weighted by Gasteiger charge is -2.23. The largest absolute Gasteiger partial charge is 0.354 e. The van der Waals surface area contributed by atoms with Gasteiger partial charge in [-0.25, -0.2) is 9.18 Å². The molecule has 1 saturated heterocycles. The maximum atomic E-state index is 13.1. The van der Waals surface area contributed by atoms with E-state index in [1.54, 1.807) is 6.92 Å². The molecule has 26 heavy (non-hydrogen) atoms. The molecule has 1 aromatic carbocycles. The Kier molecular flexibility index (Phi) is 5.25. The zero-order valence-electron chi connectivity index (χ0n) is 14.9. The highest BCUT2D eigenvalue weighted by molar-refractivity contribution is 6.09. The molecule has 2 aliphatic rings. The number of hydrogen-bond acceptors (Lipinski definition) is 3. The normalized spacial score (nSPS) is 23.8. The molecule has 4 amide bonds. The molecule has 7 heteroatoms. The molecule has 1 unspecified atom stereocenters. The van der Waals surface area contributed by atoms with Gasteiger partial charge in [0.2, 0.25) is 5.91 Å². The summed E-state index contributed by atoms with van der Waals surface area (Å²) in [6.45, 7) is 1.83. The Hall–Kier alpha value is -2.44. The van der Waals surface area contributed by atoms with Crippen LogP contribution in [0, 0.1) is 11.7 Å². The molecule has 0 spiro atoms. The van der Waals surface area contributed by atoms with Crippen LogP contribution in [0.3, 0.4) is 0 Å². The van der Waals surface area contributed by atoms with E-state index in [9.17, 15) is 18.8 Å². The number of rotatable bonds is 5. The van der Waals surface area contributed by atoms with Crippen LogP contribution in [0.2, 0.25) is 0 Å². The smallest absolute Gasteiger partial charge is 0.325 e. The summed E-state index contributed by atoms with van der Waals surface area (Å²) in [6.07, 6.45) is 5.82. The first-order valence-electron chi connectivity index (χ1n) is 9.07. The highest BCUT2D eigenvalue weighted by Gasteiger charge is 2.49. The molecular formula is C19H24FN3O3. The Morgan fingerprint density at radius 2 is 1.88 bits per heavy atom. The number of carbonyl (C=O) groups is 3. The van der Waals surface area contributed by atoms with Crippen LogP contribution in [0.25, 0.3) is 0 Å². The molecule has 1 saturated carbocycles. The molecule has 1 aliphatic heterocycles. The summed E-state index contributed by atoms with van der Waals surface area (Å²) in [5.74, 6) is -0.808. The van der Waals surface area contributed by atoms with Crippen molar-refractivity contribution in [2.24, 2.45) is 5.92 Å². The molecule has 140 valence electrons. The fourth-order valence-corrected chi connectivity index (χ4v) is 3.67. The second-order valence-corrected chi connectivity index (χ2v) is 7.26. The molecule has 2 fully saturated rings. The SMILES string of the molecule is CC1(c2ccc(F)cc2)NC(=O)N(CC(=O)NCC2CCCCC2)C1=O. The predicted molar refractivity (Wildman–Crippen MR) is 93.6 cm³/mol. The number of nitrogens with zero attached hydrogens (tertiary/aromatic N) is 1. The third-order valence-electron chi connectivity index (χ3n) is 5.31. The third kappa shape index (κ3) is 3.71. The molecule has 3 rings (SSSR count). The summed E-state index contributed by atoms with van der Waals surface area (Å²) in [6, 6.07) is 4.77. The Balaban J connectivity index is 1.61. The predicted octanol–water partition coefficient (Wildman–Crippen LogP) is 2.29. The molecule has 1 heterocycles. The number of urea groups is 1. The van der Waals surface area contributed by atoms with Gasteiger partial charge in [0.25, 0.3) is 5.91 Å². The van der Waals surface area contributed by atoms with Gasteiger partial charge in [0.05, 0.1) is 0 Å². The molecule has 0 aromatic heterocycles. The number of amides is 4. The third-order valence-corrected chi connectivity index (χ3v) is 5.31. The lowest BCUT2D eigenvalue weighted by atomic mass is 9.89. The zero-order valence-corrected chi connectivity index (χ0v) is 14.9. The number of hydrogen-bond donors (Lipinski definition) is 2. The molecular weight excluding hydrogens is 337 g/mol. The van der Waals surface area contributed by atoms with Crippen molar-refractivity contribution in [3.05, 3.63) is 35.6 Å². The lowest BCUT2D eigenvalue weighted by Crippen LogP contribution is -2.44.